The number of anilines is 1. The summed E-state index contributed by atoms with van der Waals surface area (Å²) in [6.07, 6.45) is 0.429. The van der Waals surface area contributed by atoms with Gasteiger partial charge in [0.25, 0.3) is 5.91 Å². The Kier molecular flexibility index (Phi) is 6.76. The second-order valence-corrected chi connectivity index (χ2v) is 9.05. The van der Waals surface area contributed by atoms with E-state index in [4.69, 9.17) is 4.74 Å². The fourth-order valence-corrected chi connectivity index (χ4v) is 4.89. The predicted octanol–water partition coefficient (Wildman–Crippen LogP) is 6.16. The molecule has 168 valence electrons. The monoisotopic (exact) mass is 483 g/mol. The molecule has 2 aromatic carbocycles. The number of thiazole rings is 1. The highest BCUT2D eigenvalue weighted by atomic mass is 32.1. The topological polar surface area (TPSA) is 94.4 Å². The van der Waals surface area contributed by atoms with Gasteiger partial charge in [-0.2, -0.15) is 0 Å². The van der Waals surface area contributed by atoms with Crippen molar-refractivity contribution in [3.63, 3.8) is 0 Å². The first-order chi connectivity index (χ1) is 15.9. The first-order valence-electron chi connectivity index (χ1n) is 9.96. The molecular weight excluding hydrogens is 465 g/mol. The van der Waals surface area contributed by atoms with E-state index < -0.39 is 10.8 Å². The number of ether oxygens (including phenoxy) is 1. The largest absolute Gasteiger partial charge is 0.494 e. The lowest BCUT2D eigenvalue weighted by atomic mass is 10.1. The summed E-state index contributed by atoms with van der Waals surface area (Å²) in [6, 6.07) is 16.5. The van der Waals surface area contributed by atoms with E-state index >= 15 is 0 Å². The Balaban J connectivity index is 1.64. The lowest BCUT2D eigenvalue weighted by Gasteiger charge is -2.06. The van der Waals surface area contributed by atoms with E-state index in [2.05, 4.69) is 10.3 Å². The van der Waals surface area contributed by atoms with Crippen LogP contribution in [0, 0.1) is 15.9 Å². The van der Waals surface area contributed by atoms with Crippen LogP contribution < -0.4 is 10.1 Å². The third-order valence-corrected chi connectivity index (χ3v) is 6.61. The number of hydrogen-bond donors (Lipinski definition) is 1. The van der Waals surface area contributed by atoms with Crippen LogP contribution >= 0.6 is 22.7 Å². The van der Waals surface area contributed by atoms with Gasteiger partial charge >= 0.3 is 5.00 Å². The highest BCUT2D eigenvalue weighted by Gasteiger charge is 2.19. The number of aromatic nitrogens is 1. The third-order valence-electron chi connectivity index (χ3n) is 4.61. The van der Waals surface area contributed by atoms with Gasteiger partial charge in [-0.25, -0.2) is 9.37 Å². The van der Waals surface area contributed by atoms with Crippen molar-refractivity contribution < 1.29 is 18.8 Å². The van der Waals surface area contributed by atoms with Gasteiger partial charge in [-0.1, -0.05) is 23.5 Å². The van der Waals surface area contributed by atoms with Crippen LogP contribution in [-0.2, 0) is 6.42 Å². The van der Waals surface area contributed by atoms with Gasteiger partial charge in [-0.15, -0.1) is 11.3 Å². The Morgan fingerprint density at radius 2 is 1.94 bits per heavy atom. The number of rotatable bonds is 8. The predicted molar refractivity (Wildman–Crippen MR) is 127 cm³/mol. The second kappa shape index (κ2) is 9.88. The third kappa shape index (κ3) is 5.41. The molecule has 1 amide bonds. The summed E-state index contributed by atoms with van der Waals surface area (Å²) in [5, 5.41) is 13.9. The van der Waals surface area contributed by atoms with Crippen molar-refractivity contribution in [3.8, 4) is 17.0 Å². The Hall–Kier alpha value is -3.63. The van der Waals surface area contributed by atoms with Gasteiger partial charge in [0.15, 0.2) is 5.13 Å². The lowest BCUT2D eigenvalue weighted by molar-refractivity contribution is -0.380. The normalized spacial score (nSPS) is 10.7. The van der Waals surface area contributed by atoms with E-state index in [1.807, 2.05) is 37.3 Å². The number of carbonyl (C=O) groups excluding carboxylic acids is 1. The van der Waals surface area contributed by atoms with Crippen molar-refractivity contribution in [2.75, 3.05) is 11.9 Å². The molecule has 0 aliphatic rings. The van der Waals surface area contributed by atoms with Crippen LogP contribution in [0.2, 0.25) is 0 Å². The average Bonchev–Trinajstić information content (AvgIpc) is 3.42. The van der Waals surface area contributed by atoms with E-state index in [0.29, 0.717) is 23.9 Å². The van der Waals surface area contributed by atoms with Crippen LogP contribution in [-0.4, -0.2) is 22.4 Å². The first-order valence-corrected chi connectivity index (χ1v) is 11.6. The van der Waals surface area contributed by atoms with Crippen molar-refractivity contribution in [3.05, 3.63) is 91.9 Å². The summed E-state index contributed by atoms with van der Waals surface area (Å²) in [6.45, 7) is 2.46. The zero-order valence-corrected chi connectivity index (χ0v) is 19.0. The number of nitro groups is 1. The summed E-state index contributed by atoms with van der Waals surface area (Å²) >= 11 is 2.08. The zero-order valence-electron chi connectivity index (χ0n) is 17.4. The van der Waals surface area contributed by atoms with E-state index in [1.54, 1.807) is 6.07 Å². The first kappa shape index (κ1) is 22.6. The SMILES string of the molecule is CCOc1ccc(-c2nc(NC(=O)c3ccc([N+](=O)[O-])s3)sc2Cc2cccc(F)c2)cc1. The fraction of sp³-hybridized carbons (Fsp3) is 0.130. The Morgan fingerprint density at radius 3 is 2.61 bits per heavy atom. The molecule has 2 aromatic heterocycles. The van der Waals surface area contributed by atoms with Crippen molar-refractivity contribution in [1.29, 1.82) is 0 Å². The summed E-state index contributed by atoms with van der Waals surface area (Å²) in [7, 11) is 0. The molecule has 0 radical (unpaired) electrons. The van der Waals surface area contributed by atoms with Crippen LogP contribution in [0.15, 0.2) is 60.7 Å². The number of hydrogen-bond acceptors (Lipinski definition) is 7. The summed E-state index contributed by atoms with van der Waals surface area (Å²) in [4.78, 5) is 28.6. The molecule has 0 aliphatic heterocycles. The van der Waals surface area contributed by atoms with Crippen LogP contribution in [0.25, 0.3) is 11.3 Å². The van der Waals surface area contributed by atoms with Gasteiger partial charge < -0.3 is 4.74 Å². The highest BCUT2D eigenvalue weighted by Crippen LogP contribution is 2.34. The molecule has 10 heteroatoms. The molecule has 0 unspecified atom stereocenters. The standard InChI is InChI=1S/C23H18FN3O4S2/c1-2-31-17-8-6-15(7-9-17)21-19(13-14-4-3-5-16(24)12-14)33-23(25-21)26-22(28)18-10-11-20(32-18)27(29)30/h3-12H,2,13H2,1H3,(H,25,26,28). The Labute approximate surface area is 196 Å². The molecule has 4 aromatic rings. The summed E-state index contributed by atoms with van der Waals surface area (Å²) in [5.74, 6) is -0.0687. The van der Waals surface area contributed by atoms with Crippen LogP contribution in [0.4, 0.5) is 14.5 Å². The number of carbonyl (C=O) groups is 1. The number of nitrogens with zero attached hydrogens (tertiary/aromatic N) is 2. The molecule has 0 aliphatic carbocycles. The van der Waals surface area contributed by atoms with E-state index in [9.17, 15) is 19.3 Å². The van der Waals surface area contributed by atoms with Gasteiger partial charge in [-0.05, 0) is 55.0 Å². The van der Waals surface area contributed by atoms with Gasteiger partial charge in [-0.3, -0.25) is 20.2 Å². The number of amides is 1. The molecule has 0 fully saturated rings. The maximum Gasteiger partial charge on any atom is 0.324 e. The molecular formula is C23H18FN3O4S2. The van der Waals surface area contributed by atoms with Crippen LogP contribution in [0.3, 0.4) is 0 Å². The molecule has 33 heavy (non-hydrogen) atoms. The summed E-state index contributed by atoms with van der Waals surface area (Å²) < 4.78 is 19.2. The number of halogens is 1. The van der Waals surface area contributed by atoms with Gasteiger partial charge in [0, 0.05) is 22.9 Å². The van der Waals surface area contributed by atoms with Gasteiger partial charge in [0.2, 0.25) is 0 Å². The molecule has 7 nitrogen and oxygen atoms in total. The van der Waals surface area contributed by atoms with Crippen molar-refractivity contribution in [2.24, 2.45) is 0 Å². The Bertz CT molecular complexity index is 1300. The maximum absolute atomic E-state index is 13.7. The molecule has 0 spiro atoms. The summed E-state index contributed by atoms with van der Waals surface area (Å²) in [5.41, 5.74) is 2.27. The lowest BCUT2D eigenvalue weighted by Crippen LogP contribution is -2.09. The van der Waals surface area contributed by atoms with E-state index in [0.717, 1.165) is 33.1 Å². The molecule has 4 rings (SSSR count). The fourth-order valence-electron chi connectivity index (χ4n) is 3.17. The minimum absolute atomic E-state index is 0.110. The van der Waals surface area contributed by atoms with E-state index in [-0.39, 0.29) is 15.7 Å². The van der Waals surface area contributed by atoms with Crippen LogP contribution in [0.1, 0.15) is 27.0 Å². The van der Waals surface area contributed by atoms with Crippen molar-refractivity contribution in [1.82, 2.24) is 4.98 Å². The molecule has 0 atom stereocenters. The Morgan fingerprint density at radius 1 is 1.15 bits per heavy atom. The molecule has 1 N–H and O–H groups in total. The second-order valence-electron chi connectivity index (χ2n) is 6.90. The average molecular weight is 484 g/mol. The molecule has 0 bridgehead atoms. The maximum atomic E-state index is 13.7. The van der Waals surface area contributed by atoms with Crippen molar-refractivity contribution >= 4 is 38.7 Å². The quantitative estimate of drug-likeness (QED) is 0.239. The molecule has 0 saturated carbocycles. The minimum atomic E-state index is -0.536. The molecule has 2 heterocycles. The smallest absolute Gasteiger partial charge is 0.324 e. The number of thiophene rings is 1. The van der Waals surface area contributed by atoms with Gasteiger partial charge in [0.05, 0.1) is 22.1 Å². The van der Waals surface area contributed by atoms with Crippen molar-refractivity contribution in [2.45, 2.75) is 13.3 Å². The highest BCUT2D eigenvalue weighted by molar-refractivity contribution is 7.18. The van der Waals surface area contributed by atoms with Crippen LogP contribution in [0.5, 0.6) is 5.75 Å². The van der Waals surface area contributed by atoms with E-state index in [1.165, 1.54) is 35.6 Å². The zero-order chi connectivity index (χ0) is 23.4. The number of nitrogens with one attached hydrogen (secondary N) is 1. The minimum Gasteiger partial charge on any atom is -0.494 e. The van der Waals surface area contributed by atoms with Gasteiger partial charge in [0.1, 0.15) is 11.6 Å². The number of benzene rings is 2. The molecule has 0 saturated heterocycles.